The Labute approximate surface area is 112 Å². The van der Waals surface area contributed by atoms with Gasteiger partial charge in [-0.05, 0) is 39.0 Å². The average molecular weight is 261 g/mol. The van der Waals surface area contributed by atoms with Gasteiger partial charge in [0.2, 0.25) is 0 Å². The van der Waals surface area contributed by atoms with Gasteiger partial charge in [0.1, 0.15) is 5.56 Å². The molecule has 0 aromatic carbocycles. The minimum atomic E-state index is -1.16. The Kier molecular flexibility index (Phi) is 4.20. The quantitative estimate of drug-likeness (QED) is 0.848. The topological polar surface area (TPSA) is 59.3 Å². The molecule has 2 rings (SSSR count). The van der Waals surface area contributed by atoms with E-state index < -0.39 is 11.4 Å². The molecule has 0 amide bonds. The van der Waals surface area contributed by atoms with Gasteiger partial charge in [0, 0.05) is 24.5 Å². The largest absolute Gasteiger partial charge is 0.477 e. The van der Waals surface area contributed by atoms with E-state index in [2.05, 4.69) is 6.08 Å². The molecule has 1 aliphatic carbocycles. The molecule has 1 heterocycles. The second kappa shape index (κ2) is 5.87. The van der Waals surface area contributed by atoms with Crippen LogP contribution in [0, 0.1) is 6.92 Å². The van der Waals surface area contributed by atoms with Gasteiger partial charge in [-0.3, -0.25) is 4.79 Å². The molecule has 1 aliphatic rings. The molecule has 0 unspecified atom stereocenters. The van der Waals surface area contributed by atoms with E-state index in [9.17, 15) is 9.59 Å². The first-order chi connectivity index (χ1) is 9.08. The standard InChI is InChI=1S/C15H19NO3/c1-11-9-14(17)13(15(18)19)10-16(11)8-7-12-5-3-2-4-6-12/h5,9-10H,2-4,6-8H2,1H3,(H,18,19). The van der Waals surface area contributed by atoms with Gasteiger partial charge in [-0.15, -0.1) is 0 Å². The summed E-state index contributed by atoms with van der Waals surface area (Å²) in [4.78, 5) is 22.5. The molecular formula is C15H19NO3. The van der Waals surface area contributed by atoms with Crippen LogP contribution in [0.4, 0.5) is 0 Å². The van der Waals surface area contributed by atoms with Crippen LogP contribution in [0.1, 0.15) is 48.2 Å². The number of aromatic nitrogens is 1. The first-order valence-electron chi connectivity index (χ1n) is 6.70. The highest BCUT2D eigenvalue weighted by atomic mass is 16.4. The molecule has 0 saturated heterocycles. The van der Waals surface area contributed by atoms with E-state index in [0.717, 1.165) is 31.5 Å². The molecule has 0 bridgehead atoms. The van der Waals surface area contributed by atoms with Crippen LogP contribution >= 0.6 is 0 Å². The van der Waals surface area contributed by atoms with Gasteiger partial charge in [-0.2, -0.15) is 0 Å². The lowest BCUT2D eigenvalue weighted by Crippen LogP contribution is -2.19. The SMILES string of the molecule is Cc1cc(=O)c(C(=O)O)cn1CCC1=CCCCC1. The summed E-state index contributed by atoms with van der Waals surface area (Å²) in [5, 5.41) is 8.97. The van der Waals surface area contributed by atoms with Crippen LogP contribution < -0.4 is 5.43 Å². The smallest absolute Gasteiger partial charge is 0.341 e. The second-order valence-electron chi connectivity index (χ2n) is 5.05. The Morgan fingerprint density at radius 3 is 2.84 bits per heavy atom. The van der Waals surface area contributed by atoms with E-state index in [0.29, 0.717) is 0 Å². The maximum absolute atomic E-state index is 11.5. The lowest BCUT2D eigenvalue weighted by atomic mass is 9.97. The van der Waals surface area contributed by atoms with E-state index in [1.54, 1.807) is 0 Å². The van der Waals surface area contributed by atoms with Crippen molar-refractivity contribution in [3.05, 3.63) is 45.4 Å². The molecule has 0 fully saturated rings. The van der Waals surface area contributed by atoms with Crippen molar-refractivity contribution < 1.29 is 9.90 Å². The van der Waals surface area contributed by atoms with Crippen molar-refractivity contribution in [3.63, 3.8) is 0 Å². The molecule has 4 heteroatoms. The molecule has 4 nitrogen and oxygen atoms in total. The summed E-state index contributed by atoms with van der Waals surface area (Å²) >= 11 is 0. The van der Waals surface area contributed by atoms with Crippen molar-refractivity contribution in [2.45, 2.75) is 45.6 Å². The third-order valence-corrected chi connectivity index (χ3v) is 3.63. The Hall–Kier alpha value is -1.84. The number of nitrogens with zero attached hydrogens (tertiary/aromatic N) is 1. The van der Waals surface area contributed by atoms with E-state index in [4.69, 9.17) is 5.11 Å². The van der Waals surface area contributed by atoms with Crippen LogP contribution in [0.25, 0.3) is 0 Å². The third-order valence-electron chi connectivity index (χ3n) is 3.63. The summed E-state index contributed by atoms with van der Waals surface area (Å²) < 4.78 is 1.86. The van der Waals surface area contributed by atoms with Gasteiger partial charge in [0.05, 0.1) is 0 Å². The molecule has 102 valence electrons. The van der Waals surface area contributed by atoms with Crippen molar-refractivity contribution in [3.8, 4) is 0 Å². The van der Waals surface area contributed by atoms with Crippen molar-refractivity contribution in [2.24, 2.45) is 0 Å². The number of carboxylic acid groups (broad SMARTS) is 1. The number of pyridine rings is 1. The summed E-state index contributed by atoms with van der Waals surface area (Å²) in [6.07, 6.45) is 9.49. The highest BCUT2D eigenvalue weighted by Crippen LogP contribution is 2.20. The predicted molar refractivity (Wildman–Crippen MR) is 73.6 cm³/mol. The second-order valence-corrected chi connectivity index (χ2v) is 5.05. The zero-order valence-electron chi connectivity index (χ0n) is 11.2. The summed E-state index contributed by atoms with van der Waals surface area (Å²) in [5.41, 5.74) is 1.69. The van der Waals surface area contributed by atoms with Gasteiger partial charge in [0.15, 0.2) is 5.43 Å². The third kappa shape index (κ3) is 3.34. The fraction of sp³-hybridized carbons (Fsp3) is 0.467. The lowest BCUT2D eigenvalue weighted by Gasteiger charge is -2.15. The summed E-state index contributed by atoms with van der Waals surface area (Å²) in [6.45, 7) is 2.57. The zero-order valence-corrected chi connectivity index (χ0v) is 11.2. The molecule has 0 aliphatic heterocycles. The monoisotopic (exact) mass is 261 g/mol. The molecule has 19 heavy (non-hydrogen) atoms. The van der Waals surface area contributed by atoms with Gasteiger partial charge in [-0.25, -0.2) is 4.79 Å². The van der Waals surface area contributed by atoms with Crippen LogP contribution in [0.2, 0.25) is 0 Å². The zero-order chi connectivity index (χ0) is 13.8. The van der Waals surface area contributed by atoms with Crippen molar-refractivity contribution in [2.75, 3.05) is 0 Å². The number of hydrogen-bond acceptors (Lipinski definition) is 2. The number of hydrogen-bond donors (Lipinski definition) is 1. The summed E-state index contributed by atoms with van der Waals surface area (Å²) in [7, 11) is 0. The van der Waals surface area contributed by atoms with E-state index in [1.807, 2.05) is 11.5 Å². The van der Waals surface area contributed by atoms with E-state index >= 15 is 0 Å². The predicted octanol–water partition coefficient (Wildman–Crippen LogP) is 2.75. The molecule has 0 saturated carbocycles. The Balaban J connectivity index is 2.15. The number of aryl methyl sites for hydroxylation is 2. The Bertz CT molecular complexity index is 569. The molecule has 0 radical (unpaired) electrons. The maximum atomic E-state index is 11.5. The van der Waals surface area contributed by atoms with E-state index in [-0.39, 0.29) is 5.56 Å². The van der Waals surface area contributed by atoms with Gasteiger partial charge < -0.3 is 9.67 Å². The first kappa shape index (κ1) is 13.6. The van der Waals surface area contributed by atoms with Crippen LogP contribution in [-0.4, -0.2) is 15.6 Å². The number of carboxylic acids is 1. The first-order valence-corrected chi connectivity index (χ1v) is 6.70. The van der Waals surface area contributed by atoms with Crippen LogP contribution in [0.3, 0.4) is 0 Å². The van der Waals surface area contributed by atoms with Crippen molar-refractivity contribution in [1.82, 2.24) is 4.57 Å². The van der Waals surface area contributed by atoms with Crippen molar-refractivity contribution >= 4 is 5.97 Å². The minimum Gasteiger partial charge on any atom is -0.477 e. The molecule has 0 spiro atoms. The van der Waals surface area contributed by atoms with Gasteiger partial charge in [0.25, 0.3) is 0 Å². The minimum absolute atomic E-state index is 0.150. The summed E-state index contributed by atoms with van der Waals surface area (Å²) in [6, 6.07) is 1.40. The highest BCUT2D eigenvalue weighted by molar-refractivity contribution is 5.87. The van der Waals surface area contributed by atoms with Gasteiger partial charge >= 0.3 is 5.97 Å². The maximum Gasteiger partial charge on any atom is 0.341 e. The fourth-order valence-corrected chi connectivity index (χ4v) is 2.47. The van der Waals surface area contributed by atoms with Crippen LogP contribution in [0.15, 0.2) is 28.7 Å². The van der Waals surface area contributed by atoms with Crippen molar-refractivity contribution in [1.29, 1.82) is 0 Å². The molecule has 1 aromatic rings. The Morgan fingerprint density at radius 1 is 1.42 bits per heavy atom. The fourth-order valence-electron chi connectivity index (χ4n) is 2.47. The van der Waals surface area contributed by atoms with E-state index in [1.165, 1.54) is 30.7 Å². The lowest BCUT2D eigenvalue weighted by molar-refractivity contribution is 0.0694. The summed E-state index contributed by atoms with van der Waals surface area (Å²) in [5.74, 6) is -1.16. The highest BCUT2D eigenvalue weighted by Gasteiger charge is 2.11. The molecule has 1 aromatic heterocycles. The molecule has 0 atom stereocenters. The van der Waals surface area contributed by atoms with Gasteiger partial charge in [-0.1, -0.05) is 11.6 Å². The van der Waals surface area contributed by atoms with Crippen LogP contribution in [-0.2, 0) is 6.54 Å². The van der Waals surface area contributed by atoms with Crippen LogP contribution in [0.5, 0.6) is 0 Å². The Morgan fingerprint density at radius 2 is 2.21 bits per heavy atom. The number of aromatic carboxylic acids is 1. The number of allylic oxidation sites excluding steroid dienone is 2. The average Bonchev–Trinajstić information content (AvgIpc) is 2.38. The normalized spacial score (nSPS) is 15.1. The number of carbonyl (C=O) groups is 1. The molecular weight excluding hydrogens is 242 g/mol. The molecule has 1 N–H and O–H groups in total. The number of rotatable bonds is 4.